The van der Waals surface area contributed by atoms with E-state index in [1.807, 2.05) is 6.92 Å². The second kappa shape index (κ2) is 6.23. The van der Waals surface area contributed by atoms with Crippen LogP contribution in [0, 0.1) is 6.92 Å². The molecule has 1 amide bonds. The van der Waals surface area contributed by atoms with Crippen molar-refractivity contribution >= 4 is 29.3 Å². The zero-order valence-corrected chi connectivity index (χ0v) is 12.2. The van der Waals surface area contributed by atoms with Crippen LogP contribution >= 0.6 is 11.6 Å². The Morgan fingerprint density at radius 2 is 1.95 bits per heavy atom. The van der Waals surface area contributed by atoms with Crippen molar-refractivity contribution in [2.24, 2.45) is 5.73 Å². The van der Waals surface area contributed by atoms with Crippen LogP contribution in [0.3, 0.4) is 0 Å². The summed E-state index contributed by atoms with van der Waals surface area (Å²) in [5, 5.41) is 0.546. The number of piperazine rings is 1. The molecule has 1 aliphatic heterocycles. The molecule has 1 fully saturated rings. The number of hydrogen-bond acceptors (Lipinski definition) is 6. The van der Waals surface area contributed by atoms with Gasteiger partial charge in [-0.25, -0.2) is 4.98 Å². The van der Waals surface area contributed by atoms with Gasteiger partial charge in [0, 0.05) is 39.1 Å². The third-order valence-corrected chi connectivity index (χ3v) is 3.81. The van der Waals surface area contributed by atoms with Crippen molar-refractivity contribution in [1.29, 1.82) is 0 Å². The molecule has 20 heavy (non-hydrogen) atoms. The van der Waals surface area contributed by atoms with Crippen LogP contribution in [0.2, 0.25) is 5.02 Å². The number of carbonyl (C=O) groups excluding carboxylic acids is 1. The summed E-state index contributed by atoms with van der Waals surface area (Å²) in [6, 6.07) is 0. The zero-order chi connectivity index (χ0) is 14.7. The van der Waals surface area contributed by atoms with E-state index >= 15 is 0 Å². The number of carbonyl (C=O) groups is 1. The van der Waals surface area contributed by atoms with Gasteiger partial charge in [-0.1, -0.05) is 11.6 Å². The summed E-state index contributed by atoms with van der Waals surface area (Å²) >= 11 is 6.24. The summed E-state index contributed by atoms with van der Waals surface area (Å²) < 4.78 is 0. The number of rotatable bonds is 4. The second-order valence-corrected chi connectivity index (χ2v) is 5.23. The molecule has 1 aliphatic rings. The molecule has 0 atom stereocenters. The maximum Gasteiger partial charge on any atom is 0.222 e. The highest BCUT2D eigenvalue weighted by molar-refractivity contribution is 6.33. The molecule has 1 aromatic rings. The van der Waals surface area contributed by atoms with E-state index in [-0.39, 0.29) is 11.9 Å². The van der Waals surface area contributed by atoms with E-state index in [2.05, 4.69) is 19.8 Å². The number of amides is 1. The quantitative estimate of drug-likeness (QED) is 0.812. The molecule has 8 heteroatoms. The molecule has 2 rings (SSSR count). The van der Waals surface area contributed by atoms with Gasteiger partial charge in [-0.3, -0.25) is 9.69 Å². The van der Waals surface area contributed by atoms with Crippen LogP contribution in [0.25, 0.3) is 0 Å². The van der Waals surface area contributed by atoms with Crippen molar-refractivity contribution in [2.75, 3.05) is 43.4 Å². The molecule has 0 aromatic carbocycles. The number of nitrogens with zero attached hydrogens (tertiary/aromatic N) is 4. The molecule has 0 radical (unpaired) electrons. The maximum atomic E-state index is 10.8. The highest BCUT2D eigenvalue weighted by atomic mass is 35.5. The fourth-order valence-corrected chi connectivity index (χ4v) is 2.43. The fraction of sp³-hybridized carbons (Fsp3) is 0.583. The standard InChI is InChI=1S/C12H19ClN6O/c1-8-10(13)11(17-12(15)16-8)19-6-4-18(5-7-19)3-2-9(14)20/h2-7H2,1H3,(H2,14,20)(H2,15,16,17). The summed E-state index contributed by atoms with van der Waals surface area (Å²) in [6.45, 7) is 5.76. The molecule has 4 N–H and O–H groups in total. The first-order valence-electron chi connectivity index (χ1n) is 6.52. The number of anilines is 2. The smallest absolute Gasteiger partial charge is 0.222 e. The van der Waals surface area contributed by atoms with Gasteiger partial charge in [-0.05, 0) is 6.92 Å². The van der Waals surface area contributed by atoms with Crippen molar-refractivity contribution in [3.05, 3.63) is 10.7 Å². The van der Waals surface area contributed by atoms with Crippen LogP contribution in [0.1, 0.15) is 12.1 Å². The van der Waals surface area contributed by atoms with E-state index in [0.29, 0.717) is 29.5 Å². The van der Waals surface area contributed by atoms with E-state index in [9.17, 15) is 4.79 Å². The predicted molar refractivity (Wildman–Crippen MR) is 78.7 cm³/mol. The molecule has 1 saturated heterocycles. The number of aromatic nitrogens is 2. The van der Waals surface area contributed by atoms with Crippen molar-refractivity contribution < 1.29 is 4.79 Å². The van der Waals surface area contributed by atoms with Gasteiger partial charge >= 0.3 is 0 Å². The van der Waals surface area contributed by atoms with Crippen LogP contribution in [0.5, 0.6) is 0 Å². The topological polar surface area (TPSA) is 101 Å². The molecule has 0 aliphatic carbocycles. The van der Waals surface area contributed by atoms with Gasteiger partial charge < -0.3 is 16.4 Å². The van der Waals surface area contributed by atoms with Gasteiger partial charge in [-0.15, -0.1) is 0 Å². The first-order valence-corrected chi connectivity index (χ1v) is 6.90. The average molecular weight is 299 g/mol. The summed E-state index contributed by atoms with van der Waals surface area (Å²) in [5.74, 6) is 0.652. The lowest BCUT2D eigenvalue weighted by molar-refractivity contribution is -0.118. The van der Waals surface area contributed by atoms with Crippen LogP contribution in [-0.4, -0.2) is 53.5 Å². The normalized spacial score (nSPS) is 16.4. The zero-order valence-electron chi connectivity index (χ0n) is 11.5. The van der Waals surface area contributed by atoms with E-state index < -0.39 is 0 Å². The molecule has 1 aromatic heterocycles. The summed E-state index contributed by atoms with van der Waals surface area (Å²) in [5.41, 5.74) is 11.5. The molecule has 0 bridgehead atoms. The Labute approximate surface area is 122 Å². The summed E-state index contributed by atoms with van der Waals surface area (Å²) in [6.07, 6.45) is 0.389. The van der Waals surface area contributed by atoms with Gasteiger partial charge in [0.2, 0.25) is 11.9 Å². The van der Waals surface area contributed by atoms with Gasteiger partial charge in [0.1, 0.15) is 5.02 Å². The highest BCUT2D eigenvalue weighted by Gasteiger charge is 2.21. The SMILES string of the molecule is Cc1nc(N)nc(N2CCN(CCC(N)=O)CC2)c1Cl. The summed E-state index contributed by atoms with van der Waals surface area (Å²) in [4.78, 5) is 23.3. The number of halogens is 1. The van der Waals surface area contributed by atoms with Crippen molar-refractivity contribution in [2.45, 2.75) is 13.3 Å². The van der Waals surface area contributed by atoms with Crippen LogP contribution in [0.4, 0.5) is 11.8 Å². The van der Waals surface area contributed by atoms with Crippen molar-refractivity contribution in [3.63, 3.8) is 0 Å². The minimum absolute atomic E-state index is 0.234. The number of aryl methyl sites for hydroxylation is 1. The lowest BCUT2D eigenvalue weighted by Gasteiger charge is -2.35. The van der Waals surface area contributed by atoms with E-state index in [0.717, 1.165) is 26.2 Å². The number of primary amides is 1. The largest absolute Gasteiger partial charge is 0.370 e. The third kappa shape index (κ3) is 3.49. The van der Waals surface area contributed by atoms with E-state index in [4.69, 9.17) is 23.1 Å². The first kappa shape index (κ1) is 14.8. The predicted octanol–water partition coefficient (Wildman–Crippen LogP) is 0.0180. The average Bonchev–Trinajstić information content (AvgIpc) is 2.41. The number of hydrogen-bond donors (Lipinski definition) is 2. The Kier molecular flexibility index (Phi) is 4.61. The minimum atomic E-state index is -0.269. The molecule has 0 saturated carbocycles. The Morgan fingerprint density at radius 3 is 2.55 bits per heavy atom. The molecular weight excluding hydrogens is 280 g/mol. The molecule has 2 heterocycles. The molecule has 0 unspecified atom stereocenters. The third-order valence-electron chi connectivity index (χ3n) is 3.36. The lowest BCUT2D eigenvalue weighted by Crippen LogP contribution is -2.47. The van der Waals surface area contributed by atoms with Gasteiger partial charge in [0.05, 0.1) is 5.69 Å². The monoisotopic (exact) mass is 298 g/mol. The van der Waals surface area contributed by atoms with E-state index in [1.165, 1.54) is 0 Å². The Bertz CT molecular complexity index is 501. The van der Waals surface area contributed by atoms with Crippen LogP contribution in [0.15, 0.2) is 0 Å². The summed E-state index contributed by atoms with van der Waals surface area (Å²) in [7, 11) is 0. The Hall–Kier alpha value is -1.60. The molecule has 0 spiro atoms. The molecule has 7 nitrogen and oxygen atoms in total. The number of nitrogen functional groups attached to an aromatic ring is 1. The highest BCUT2D eigenvalue weighted by Crippen LogP contribution is 2.27. The van der Waals surface area contributed by atoms with Crippen LogP contribution < -0.4 is 16.4 Å². The van der Waals surface area contributed by atoms with Gasteiger partial charge in [0.25, 0.3) is 0 Å². The second-order valence-electron chi connectivity index (χ2n) is 4.85. The minimum Gasteiger partial charge on any atom is -0.370 e. The number of nitrogens with two attached hydrogens (primary N) is 2. The lowest BCUT2D eigenvalue weighted by atomic mass is 10.2. The van der Waals surface area contributed by atoms with Crippen LogP contribution in [-0.2, 0) is 4.79 Å². The van der Waals surface area contributed by atoms with Crippen molar-refractivity contribution in [3.8, 4) is 0 Å². The van der Waals surface area contributed by atoms with Gasteiger partial charge in [-0.2, -0.15) is 4.98 Å². The maximum absolute atomic E-state index is 10.8. The molecule has 110 valence electrons. The Balaban J connectivity index is 1.99. The van der Waals surface area contributed by atoms with Gasteiger partial charge in [0.15, 0.2) is 5.82 Å². The Morgan fingerprint density at radius 1 is 1.30 bits per heavy atom. The fourth-order valence-electron chi connectivity index (χ4n) is 2.23. The first-order chi connectivity index (χ1) is 9.47. The molecular formula is C12H19ClN6O. The van der Waals surface area contributed by atoms with Crippen molar-refractivity contribution in [1.82, 2.24) is 14.9 Å². The van der Waals surface area contributed by atoms with E-state index in [1.54, 1.807) is 0 Å².